The van der Waals surface area contributed by atoms with Gasteiger partial charge in [-0.15, -0.1) is 12.4 Å². The topological polar surface area (TPSA) is 94.2 Å². The van der Waals surface area contributed by atoms with Crippen LogP contribution in [0.1, 0.15) is 23.2 Å². The summed E-state index contributed by atoms with van der Waals surface area (Å²) in [6.07, 6.45) is 1.67. The number of nitrogens with one attached hydrogen (secondary N) is 1. The number of rotatable bonds is 6. The van der Waals surface area contributed by atoms with Crippen molar-refractivity contribution in [2.24, 2.45) is 0 Å². The van der Waals surface area contributed by atoms with E-state index in [1.807, 2.05) is 7.05 Å². The standard InChI is InChI=1S/C16H24N2O6S.ClH/c1-17-11-6-5-9-18(10-11)25(20,21)13-8-7-12(22-2)14(15(13)23-3)16(19)24-4;/h7-8,11,17H,5-6,9-10H2,1-4H3;1H. The monoisotopic (exact) mass is 408 g/mol. The lowest BCUT2D eigenvalue weighted by atomic mass is 10.1. The minimum Gasteiger partial charge on any atom is -0.496 e. The van der Waals surface area contributed by atoms with Crippen molar-refractivity contribution in [2.75, 3.05) is 41.5 Å². The third-order valence-electron chi connectivity index (χ3n) is 4.31. The van der Waals surface area contributed by atoms with Crippen molar-refractivity contribution < 1.29 is 27.4 Å². The molecule has 0 saturated carbocycles. The summed E-state index contributed by atoms with van der Waals surface area (Å²) in [7, 11) is 1.89. The highest BCUT2D eigenvalue weighted by molar-refractivity contribution is 7.89. The number of ether oxygens (including phenoxy) is 3. The molecule has 1 aromatic carbocycles. The largest absolute Gasteiger partial charge is 0.496 e. The lowest BCUT2D eigenvalue weighted by Gasteiger charge is -2.32. The predicted octanol–water partition coefficient (Wildman–Crippen LogP) is 1.28. The van der Waals surface area contributed by atoms with Crippen LogP contribution in [0.4, 0.5) is 0 Å². The molecule has 148 valence electrons. The molecule has 8 nitrogen and oxygen atoms in total. The Morgan fingerprint density at radius 2 is 1.92 bits per heavy atom. The van der Waals surface area contributed by atoms with Crippen molar-refractivity contribution in [1.29, 1.82) is 0 Å². The molecule has 1 N–H and O–H groups in total. The molecule has 26 heavy (non-hydrogen) atoms. The van der Waals surface area contributed by atoms with Gasteiger partial charge >= 0.3 is 5.97 Å². The molecule has 0 spiro atoms. The number of halogens is 1. The number of carbonyl (C=O) groups is 1. The molecule has 1 unspecified atom stereocenters. The number of likely N-dealkylation sites (N-methyl/N-ethyl adjacent to an activating group) is 1. The van der Waals surface area contributed by atoms with Crippen LogP contribution < -0.4 is 14.8 Å². The highest BCUT2D eigenvalue weighted by Gasteiger charge is 2.35. The minimum absolute atomic E-state index is 0. The van der Waals surface area contributed by atoms with Crippen LogP contribution in [-0.4, -0.2) is 66.2 Å². The van der Waals surface area contributed by atoms with Crippen molar-refractivity contribution >= 4 is 28.4 Å². The van der Waals surface area contributed by atoms with E-state index in [0.717, 1.165) is 12.8 Å². The Morgan fingerprint density at radius 1 is 1.23 bits per heavy atom. The fourth-order valence-electron chi connectivity index (χ4n) is 2.95. The van der Waals surface area contributed by atoms with E-state index < -0.39 is 16.0 Å². The Bertz CT molecular complexity index is 741. The molecule has 1 aliphatic heterocycles. The highest BCUT2D eigenvalue weighted by Crippen LogP contribution is 2.37. The SMILES string of the molecule is CNC1CCCN(S(=O)(=O)c2ccc(OC)c(C(=O)OC)c2OC)C1.Cl. The molecule has 0 aromatic heterocycles. The number of nitrogens with zero attached hydrogens (tertiary/aromatic N) is 1. The fraction of sp³-hybridized carbons (Fsp3) is 0.562. The smallest absolute Gasteiger partial charge is 0.345 e. The molecule has 0 bridgehead atoms. The van der Waals surface area contributed by atoms with Gasteiger partial charge in [-0.25, -0.2) is 13.2 Å². The number of carbonyl (C=O) groups excluding carboxylic acids is 1. The maximum absolute atomic E-state index is 13.1. The molecule has 10 heteroatoms. The first-order valence-corrected chi connectivity index (χ1v) is 9.35. The average Bonchev–Trinajstić information content (AvgIpc) is 2.65. The molecule has 1 atom stereocenters. The molecular weight excluding hydrogens is 384 g/mol. The molecule has 2 rings (SSSR count). The second-order valence-corrected chi connectivity index (χ2v) is 7.56. The van der Waals surface area contributed by atoms with E-state index >= 15 is 0 Å². The van der Waals surface area contributed by atoms with Crippen molar-refractivity contribution in [2.45, 2.75) is 23.8 Å². The Kier molecular flexibility index (Phi) is 8.14. The molecule has 1 saturated heterocycles. The van der Waals surface area contributed by atoms with Crippen molar-refractivity contribution in [3.05, 3.63) is 17.7 Å². The molecule has 0 aliphatic carbocycles. The summed E-state index contributed by atoms with van der Waals surface area (Å²) < 4.78 is 42.8. The van der Waals surface area contributed by atoms with Gasteiger partial charge in [-0.2, -0.15) is 4.31 Å². The summed E-state index contributed by atoms with van der Waals surface area (Å²) in [4.78, 5) is 12.1. The first-order valence-electron chi connectivity index (χ1n) is 7.91. The van der Waals surface area contributed by atoms with Crippen LogP contribution in [-0.2, 0) is 14.8 Å². The molecule has 1 heterocycles. The Hall–Kier alpha value is -1.55. The molecule has 1 fully saturated rings. The van der Waals surface area contributed by atoms with Gasteiger partial charge in [0.25, 0.3) is 0 Å². The van der Waals surface area contributed by atoms with Crippen LogP contribution >= 0.6 is 12.4 Å². The molecular formula is C16H25ClN2O6S. The number of methoxy groups -OCH3 is 3. The van der Waals surface area contributed by atoms with Crippen LogP contribution in [0.2, 0.25) is 0 Å². The predicted molar refractivity (Wildman–Crippen MR) is 99.0 cm³/mol. The van der Waals surface area contributed by atoms with Gasteiger partial charge in [0, 0.05) is 19.1 Å². The van der Waals surface area contributed by atoms with Crippen molar-refractivity contribution in [3.8, 4) is 11.5 Å². The zero-order valence-corrected chi connectivity index (χ0v) is 16.9. The molecule has 0 radical (unpaired) electrons. The number of piperidine rings is 1. The Labute approximate surface area is 160 Å². The number of benzene rings is 1. The van der Waals surface area contributed by atoms with E-state index in [-0.39, 0.29) is 40.4 Å². The van der Waals surface area contributed by atoms with Gasteiger partial charge in [-0.3, -0.25) is 0 Å². The first-order chi connectivity index (χ1) is 11.9. The number of hydrogen-bond acceptors (Lipinski definition) is 7. The van der Waals surface area contributed by atoms with Gasteiger partial charge in [-0.1, -0.05) is 0 Å². The average molecular weight is 409 g/mol. The Balaban J connectivity index is 0.00000338. The second-order valence-electron chi connectivity index (χ2n) is 5.66. The van der Waals surface area contributed by atoms with Crippen LogP contribution in [0.5, 0.6) is 11.5 Å². The summed E-state index contributed by atoms with van der Waals surface area (Å²) in [6.45, 7) is 0.783. The van der Waals surface area contributed by atoms with Gasteiger partial charge in [0.15, 0.2) is 5.75 Å². The molecule has 1 aliphatic rings. The van der Waals surface area contributed by atoms with Gasteiger partial charge in [0.1, 0.15) is 16.2 Å². The third-order valence-corrected chi connectivity index (χ3v) is 6.20. The maximum Gasteiger partial charge on any atom is 0.345 e. The quantitative estimate of drug-likeness (QED) is 0.708. The van der Waals surface area contributed by atoms with Crippen LogP contribution in [0, 0.1) is 0 Å². The summed E-state index contributed by atoms with van der Waals surface area (Å²) in [5, 5.41) is 3.11. The lowest BCUT2D eigenvalue weighted by Crippen LogP contribution is -2.46. The Morgan fingerprint density at radius 3 is 2.46 bits per heavy atom. The molecule has 0 amide bonds. The third kappa shape index (κ3) is 4.22. The van der Waals surface area contributed by atoms with E-state index in [0.29, 0.717) is 13.1 Å². The summed E-state index contributed by atoms with van der Waals surface area (Å²) in [6, 6.07) is 2.91. The van der Waals surface area contributed by atoms with E-state index in [1.165, 1.54) is 37.8 Å². The molecule has 1 aromatic rings. The number of hydrogen-bond donors (Lipinski definition) is 1. The lowest BCUT2D eigenvalue weighted by molar-refractivity contribution is 0.0592. The minimum atomic E-state index is -3.83. The normalized spacial score (nSPS) is 17.9. The van der Waals surface area contributed by atoms with E-state index in [4.69, 9.17) is 14.2 Å². The van der Waals surface area contributed by atoms with Crippen LogP contribution in [0.15, 0.2) is 17.0 Å². The van der Waals surface area contributed by atoms with Crippen molar-refractivity contribution in [1.82, 2.24) is 9.62 Å². The highest BCUT2D eigenvalue weighted by atomic mass is 35.5. The van der Waals surface area contributed by atoms with Crippen molar-refractivity contribution in [3.63, 3.8) is 0 Å². The van der Waals surface area contributed by atoms with E-state index in [1.54, 1.807) is 0 Å². The van der Waals surface area contributed by atoms with Crippen LogP contribution in [0.25, 0.3) is 0 Å². The van der Waals surface area contributed by atoms with Gasteiger partial charge in [-0.05, 0) is 32.0 Å². The fourth-order valence-corrected chi connectivity index (χ4v) is 4.64. The van der Waals surface area contributed by atoms with E-state index in [2.05, 4.69) is 5.32 Å². The number of sulfonamides is 1. The van der Waals surface area contributed by atoms with Gasteiger partial charge < -0.3 is 19.5 Å². The summed E-state index contributed by atoms with van der Waals surface area (Å²) in [5.41, 5.74) is -0.0456. The summed E-state index contributed by atoms with van der Waals surface area (Å²) >= 11 is 0. The zero-order chi connectivity index (χ0) is 18.6. The summed E-state index contributed by atoms with van der Waals surface area (Å²) in [5.74, 6) is -0.607. The maximum atomic E-state index is 13.1. The van der Waals surface area contributed by atoms with E-state index in [9.17, 15) is 13.2 Å². The zero-order valence-electron chi connectivity index (χ0n) is 15.3. The van der Waals surface area contributed by atoms with Gasteiger partial charge in [0.05, 0.1) is 21.3 Å². The van der Waals surface area contributed by atoms with Gasteiger partial charge in [0.2, 0.25) is 10.0 Å². The number of esters is 1. The second kappa shape index (κ2) is 9.40. The first kappa shape index (κ1) is 22.5. The van der Waals surface area contributed by atoms with Crippen LogP contribution in [0.3, 0.4) is 0 Å².